The van der Waals surface area contributed by atoms with Gasteiger partial charge in [0, 0.05) is 5.02 Å². The summed E-state index contributed by atoms with van der Waals surface area (Å²) in [5, 5.41) is 4.64. The van der Waals surface area contributed by atoms with Crippen molar-refractivity contribution in [2.45, 2.75) is 26.9 Å². The molecule has 0 saturated carbocycles. The van der Waals surface area contributed by atoms with Crippen LogP contribution in [0.3, 0.4) is 0 Å². The number of hydrogen-bond acceptors (Lipinski definition) is 3. The van der Waals surface area contributed by atoms with Gasteiger partial charge in [-0.15, -0.1) is 0 Å². The molecule has 2 aromatic rings. The van der Waals surface area contributed by atoms with Gasteiger partial charge in [-0.3, -0.25) is 4.79 Å². The number of benzene rings is 2. The summed E-state index contributed by atoms with van der Waals surface area (Å²) in [4.78, 5) is 12.0. The predicted octanol–water partition coefficient (Wildman–Crippen LogP) is 3.87. The summed E-state index contributed by atoms with van der Waals surface area (Å²) in [6.07, 6.45) is 0.955. The van der Waals surface area contributed by atoms with Crippen molar-refractivity contribution in [3.8, 4) is 5.75 Å². The smallest absolute Gasteiger partial charge is 0.280 e. The van der Waals surface area contributed by atoms with Gasteiger partial charge in [0.25, 0.3) is 5.91 Å². The highest BCUT2D eigenvalue weighted by Crippen LogP contribution is 2.21. The number of nitrogens with zero attached hydrogens (tertiary/aromatic N) is 1. The van der Waals surface area contributed by atoms with Gasteiger partial charge < -0.3 is 4.74 Å². The van der Waals surface area contributed by atoms with Crippen LogP contribution in [0.25, 0.3) is 0 Å². The van der Waals surface area contributed by atoms with Gasteiger partial charge in [-0.05, 0) is 55.7 Å². The second-order valence-corrected chi connectivity index (χ2v) is 5.67. The highest BCUT2D eigenvalue weighted by Gasteiger charge is 2.14. The van der Waals surface area contributed by atoms with Crippen molar-refractivity contribution in [3.63, 3.8) is 0 Å². The summed E-state index contributed by atoms with van der Waals surface area (Å²) < 4.78 is 5.59. The van der Waals surface area contributed by atoms with E-state index < -0.39 is 6.10 Å². The molecule has 1 unspecified atom stereocenters. The lowest BCUT2D eigenvalue weighted by Gasteiger charge is -2.13. The molecule has 0 heterocycles. The Kier molecular flexibility index (Phi) is 5.77. The summed E-state index contributed by atoms with van der Waals surface area (Å²) >= 11 is 5.97. The molecule has 0 radical (unpaired) electrons. The third kappa shape index (κ3) is 4.83. The number of carbonyl (C=O) groups excluding carboxylic acids is 1. The topological polar surface area (TPSA) is 50.7 Å². The fourth-order valence-electron chi connectivity index (χ4n) is 1.94. The average Bonchev–Trinajstić information content (AvgIpc) is 2.52. The minimum Gasteiger partial charge on any atom is -0.481 e. The molecular weight excluding hydrogens is 312 g/mol. The number of hydrogen-bond donors (Lipinski definition) is 1. The van der Waals surface area contributed by atoms with Crippen molar-refractivity contribution in [2.75, 3.05) is 0 Å². The number of ether oxygens (including phenoxy) is 1. The van der Waals surface area contributed by atoms with Crippen LogP contribution >= 0.6 is 11.6 Å². The molecule has 0 saturated heterocycles. The van der Waals surface area contributed by atoms with Gasteiger partial charge in [0.1, 0.15) is 5.75 Å². The monoisotopic (exact) mass is 330 g/mol. The molecule has 120 valence electrons. The molecule has 1 atom stereocenters. The highest BCUT2D eigenvalue weighted by atomic mass is 35.5. The number of carbonyl (C=O) groups is 1. The average molecular weight is 331 g/mol. The van der Waals surface area contributed by atoms with Gasteiger partial charge in [-0.25, -0.2) is 5.43 Å². The van der Waals surface area contributed by atoms with Crippen LogP contribution in [0.4, 0.5) is 0 Å². The first kappa shape index (κ1) is 17.0. The lowest BCUT2D eigenvalue weighted by molar-refractivity contribution is -0.127. The SMILES string of the molecule is Cc1cc(OC(C)C(=O)NN=Cc2ccccc2C)ccc1Cl. The molecule has 0 aliphatic heterocycles. The molecule has 1 N–H and O–H groups in total. The Bertz CT molecular complexity index is 729. The van der Waals surface area contributed by atoms with Crippen molar-refractivity contribution in [2.24, 2.45) is 5.10 Å². The normalized spacial score (nSPS) is 12.2. The Balaban J connectivity index is 1.92. The second kappa shape index (κ2) is 7.79. The Morgan fingerprint density at radius 2 is 1.96 bits per heavy atom. The lowest BCUT2D eigenvalue weighted by atomic mass is 10.1. The number of aryl methyl sites for hydroxylation is 2. The lowest BCUT2D eigenvalue weighted by Crippen LogP contribution is -2.33. The Morgan fingerprint density at radius 3 is 2.65 bits per heavy atom. The maximum Gasteiger partial charge on any atom is 0.280 e. The van der Waals surface area contributed by atoms with Gasteiger partial charge in [-0.2, -0.15) is 5.10 Å². The Hall–Kier alpha value is -2.33. The summed E-state index contributed by atoms with van der Waals surface area (Å²) in [5.41, 5.74) is 5.42. The van der Waals surface area contributed by atoms with Gasteiger partial charge in [0.05, 0.1) is 6.21 Å². The molecule has 0 aliphatic carbocycles. The van der Waals surface area contributed by atoms with Crippen LogP contribution in [-0.4, -0.2) is 18.2 Å². The van der Waals surface area contributed by atoms with E-state index in [1.165, 1.54) is 0 Å². The molecule has 2 rings (SSSR count). The van der Waals surface area contributed by atoms with Crippen molar-refractivity contribution >= 4 is 23.7 Å². The third-order valence-electron chi connectivity index (χ3n) is 3.38. The second-order valence-electron chi connectivity index (χ2n) is 5.26. The number of rotatable bonds is 5. The minimum absolute atomic E-state index is 0.317. The summed E-state index contributed by atoms with van der Waals surface area (Å²) in [7, 11) is 0. The van der Waals surface area contributed by atoms with Crippen molar-refractivity contribution in [1.29, 1.82) is 0 Å². The third-order valence-corrected chi connectivity index (χ3v) is 3.80. The van der Waals surface area contributed by atoms with Crippen LogP contribution in [0.15, 0.2) is 47.6 Å². The van der Waals surface area contributed by atoms with Crippen molar-refractivity contribution in [1.82, 2.24) is 5.43 Å². The number of amides is 1. The zero-order chi connectivity index (χ0) is 16.8. The summed E-state index contributed by atoms with van der Waals surface area (Å²) in [6, 6.07) is 13.1. The van der Waals surface area contributed by atoms with E-state index in [-0.39, 0.29) is 5.91 Å². The first-order valence-corrected chi connectivity index (χ1v) is 7.66. The van der Waals surface area contributed by atoms with E-state index >= 15 is 0 Å². The van der Waals surface area contributed by atoms with E-state index in [0.29, 0.717) is 10.8 Å². The first-order valence-electron chi connectivity index (χ1n) is 7.28. The maximum atomic E-state index is 12.0. The molecule has 1 amide bonds. The van der Waals surface area contributed by atoms with Gasteiger partial charge >= 0.3 is 0 Å². The van der Waals surface area contributed by atoms with Gasteiger partial charge in [0.2, 0.25) is 0 Å². The zero-order valence-electron chi connectivity index (χ0n) is 13.3. The quantitative estimate of drug-likeness (QED) is 0.668. The molecular formula is C18H19ClN2O2. The molecule has 0 aliphatic rings. The van der Waals surface area contributed by atoms with Crippen molar-refractivity contribution in [3.05, 3.63) is 64.2 Å². The van der Waals surface area contributed by atoms with Gasteiger partial charge in [0.15, 0.2) is 6.10 Å². The van der Waals surface area contributed by atoms with E-state index in [1.807, 2.05) is 38.1 Å². The van der Waals surface area contributed by atoms with E-state index in [1.54, 1.807) is 31.3 Å². The van der Waals surface area contributed by atoms with Crippen LogP contribution in [0, 0.1) is 13.8 Å². The van der Waals surface area contributed by atoms with E-state index in [9.17, 15) is 4.79 Å². The molecule has 23 heavy (non-hydrogen) atoms. The number of nitrogens with one attached hydrogen (secondary N) is 1. The molecule has 0 bridgehead atoms. The van der Waals surface area contributed by atoms with Crippen LogP contribution in [0.5, 0.6) is 5.75 Å². The minimum atomic E-state index is -0.662. The van der Waals surface area contributed by atoms with E-state index in [2.05, 4.69) is 10.5 Å². The largest absolute Gasteiger partial charge is 0.481 e. The molecule has 5 heteroatoms. The van der Waals surface area contributed by atoms with Gasteiger partial charge in [-0.1, -0.05) is 35.9 Å². The highest BCUT2D eigenvalue weighted by molar-refractivity contribution is 6.31. The summed E-state index contributed by atoms with van der Waals surface area (Å²) in [5.74, 6) is 0.278. The predicted molar refractivity (Wildman–Crippen MR) is 93.2 cm³/mol. The van der Waals surface area contributed by atoms with Crippen LogP contribution in [0.1, 0.15) is 23.6 Å². The Labute approximate surface area is 141 Å². The molecule has 2 aromatic carbocycles. The van der Waals surface area contributed by atoms with Crippen LogP contribution in [0.2, 0.25) is 5.02 Å². The van der Waals surface area contributed by atoms with Crippen molar-refractivity contribution < 1.29 is 9.53 Å². The maximum absolute atomic E-state index is 12.0. The van der Waals surface area contributed by atoms with Crippen LogP contribution < -0.4 is 10.2 Å². The fourth-order valence-corrected chi connectivity index (χ4v) is 2.05. The van der Waals surface area contributed by atoms with E-state index in [0.717, 1.165) is 16.7 Å². The molecule has 0 spiro atoms. The molecule has 4 nitrogen and oxygen atoms in total. The Morgan fingerprint density at radius 1 is 1.22 bits per heavy atom. The fraction of sp³-hybridized carbons (Fsp3) is 0.222. The molecule has 0 fully saturated rings. The number of hydrazone groups is 1. The zero-order valence-corrected chi connectivity index (χ0v) is 14.1. The molecule has 0 aromatic heterocycles. The van der Waals surface area contributed by atoms with Crippen LogP contribution in [-0.2, 0) is 4.79 Å². The number of halogens is 1. The standard InChI is InChI=1S/C18H19ClN2O2/c1-12-6-4-5-7-15(12)11-20-21-18(22)14(3)23-16-8-9-17(19)13(2)10-16/h4-11,14H,1-3H3,(H,21,22). The first-order chi connectivity index (χ1) is 11.0. The summed E-state index contributed by atoms with van der Waals surface area (Å²) in [6.45, 7) is 5.53. The van der Waals surface area contributed by atoms with E-state index in [4.69, 9.17) is 16.3 Å².